The molecule has 0 atom stereocenters. The van der Waals surface area contributed by atoms with Crippen LogP contribution in [0.5, 0.6) is 0 Å². The monoisotopic (exact) mass is 310 g/mol. The van der Waals surface area contributed by atoms with Gasteiger partial charge in [-0.05, 0) is 43.5 Å². The van der Waals surface area contributed by atoms with Crippen LogP contribution in [0.2, 0.25) is 0 Å². The van der Waals surface area contributed by atoms with E-state index in [1.807, 2.05) is 30.3 Å². The van der Waals surface area contributed by atoms with Crippen LogP contribution in [0, 0.1) is 11.3 Å². The van der Waals surface area contributed by atoms with Gasteiger partial charge in [0.2, 0.25) is 5.76 Å². The van der Waals surface area contributed by atoms with Gasteiger partial charge in [-0.25, -0.2) is 10.9 Å². The van der Waals surface area contributed by atoms with Crippen molar-refractivity contribution in [1.29, 1.82) is 5.26 Å². The molecule has 23 heavy (non-hydrogen) atoms. The quantitative estimate of drug-likeness (QED) is 0.535. The van der Waals surface area contributed by atoms with Gasteiger partial charge in [0.15, 0.2) is 5.76 Å². The molecular weight excluding hydrogens is 292 g/mol. The number of amides is 1. The summed E-state index contributed by atoms with van der Waals surface area (Å²) in [5.41, 5.74) is 1.57. The largest absolute Gasteiger partial charge is 0.440 e. The number of piperidine rings is 1. The average Bonchev–Trinajstić information content (AvgIpc) is 3.10. The molecule has 1 aromatic carbocycles. The van der Waals surface area contributed by atoms with Gasteiger partial charge in [-0.1, -0.05) is 12.1 Å². The van der Waals surface area contributed by atoms with Crippen LogP contribution in [0.1, 0.15) is 35.6 Å². The number of nitriles is 1. The SMILES string of the molecule is N#Cc1ccc(C(=O)N(N)c2ccccc2N2CCCCC2)o1. The van der Waals surface area contributed by atoms with E-state index in [4.69, 9.17) is 15.5 Å². The fourth-order valence-corrected chi connectivity index (χ4v) is 2.81. The van der Waals surface area contributed by atoms with E-state index in [1.54, 1.807) is 0 Å². The van der Waals surface area contributed by atoms with Gasteiger partial charge in [0.1, 0.15) is 6.07 Å². The van der Waals surface area contributed by atoms with Gasteiger partial charge in [-0.15, -0.1) is 0 Å². The molecule has 1 aliphatic heterocycles. The number of carbonyl (C=O) groups is 1. The molecule has 1 saturated heterocycles. The highest BCUT2D eigenvalue weighted by molar-refractivity contribution is 6.05. The highest BCUT2D eigenvalue weighted by Crippen LogP contribution is 2.30. The number of hydrazine groups is 1. The fourth-order valence-electron chi connectivity index (χ4n) is 2.81. The van der Waals surface area contributed by atoms with Crippen LogP contribution >= 0.6 is 0 Å². The zero-order valence-electron chi connectivity index (χ0n) is 12.7. The maximum Gasteiger partial charge on any atom is 0.308 e. The Kier molecular flexibility index (Phi) is 4.31. The van der Waals surface area contributed by atoms with Crippen LogP contribution in [-0.2, 0) is 0 Å². The first kappa shape index (κ1) is 15.1. The van der Waals surface area contributed by atoms with Gasteiger partial charge >= 0.3 is 5.91 Å². The van der Waals surface area contributed by atoms with E-state index >= 15 is 0 Å². The molecule has 0 radical (unpaired) electrons. The van der Waals surface area contributed by atoms with Crippen molar-refractivity contribution in [3.8, 4) is 6.07 Å². The van der Waals surface area contributed by atoms with Crippen LogP contribution < -0.4 is 15.8 Å². The molecule has 0 bridgehead atoms. The predicted octanol–water partition coefficient (Wildman–Crippen LogP) is 2.66. The maximum absolute atomic E-state index is 12.5. The first-order chi connectivity index (χ1) is 11.2. The van der Waals surface area contributed by atoms with E-state index < -0.39 is 5.91 Å². The molecule has 0 saturated carbocycles. The van der Waals surface area contributed by atoms with Gasteiger partial charge in [0.05, 0.1) is 11.4 Å². The third-order valence-corrected chi connectivity index (χ3v) is 3.98. The molecule has 2 N–H and O–H groups in total. The molecule has 2 heterocycles. The van der Waals surface area contributed by atoms with E-state index in [9.17, 15) is 4.79 Å². The molecule has 0 unspecified atom stereocenters. The summed E-state index contributed by atoms with van der Waals surface area (Å²) in [5.74, 6) is 5.71. The molecular formula is C17H18N4O2. The molecule has 6 nitrogen and oxygen atoms in total. The summed E-state index contributed by atoms with van der Waals surface area (Å²) in [5, 5.41) is 9.88. The number of benzene rings is 1. The standard InChI is InChI=1S/C17H18N4O2/c18-12-13-8-9-16(23-13)17(22)21(19)15-7-3-2-6-14(15)20-10-4-1-5-11-20/h2-3,6-9H,1,4-5,10-11,19H2. The number of hydrogen-bond acceptors (Lipinski definition) is 5. The van der Waals surface area contributed by atoms with Crippen molar-refractivity contribution in [2.45, 2.75) is 19.3 Å². The average molecular weight is 310 g/mol. The first-order valence-corrected chi connectivity index (χ1v) is 7.64. The van der Waals surface area contributed by atoms with Crippen LogP contribution in [-0.4, -0.2) is 19.0 Å². The van der Waals surface area contributed by atoms with E-state index in [0.717, 1.165) is 36.6 Å². The normalized spacial score (nSPS) is 14.3. The molecule has 118 valence electrons. The summed E-state index contributed by atoms with van der Waals surface area (Å²) in [6, 6.07) is 12.3. The Morgan fingerprint density at radius 2 is 1.91 bits per heavy atom. The summed E-state index contributed by atoms with van der Waals surface area (Å²) in [4.78, 5) is 14.7. The number of rotatable bonds is 3. The smallest absolute Gasteiger partial charge is 0.308 e. The lowest BCUT2D eigenvalue weighted by Crippen LogP contribution is -2.39. The Balaban J connectivity index is 1.88. The van der Waals surface area contributed by atoms with Crippen molar-refractivity contribution in [1.82, 2.24) is 0 Å². The molecule has 1 fully saturated rings. The second kappa shape index (κ2) is 6.55. The molecule has 1 amide bonds. The van der Waals surface area contributed by atoms with Gasteiger partial charge < -0.3 is 9.32 Å². The minimum atomic E-state index is -0.476. The lowest BCUT2D eigenvalue weighted by Gasteiger charge is -2.32. The zero-order chi connectivity index (χ0) is 16.2. The highest BCUT2D eigenvalue weighted by atomic mass is 16.4. The molecule has 0 spiro atoms. The fraction of sp³-hybridized carbons (Fsp3) is 0.294. The molecule has 1 aliphatic rings. The predicted molar refractivity (Wildman–Crippen MR) is 86.9 cm³/mol. The van der Waals surface area contributed by atoms with Crippen molar-refractivity contribution in [3.05, 3.63) is 47.9 Å². The van der Waals surface area contributed by atoms with E-state index in [1.165, 1.54) is 18.6 Å². The Morgan fingerprint density at radius 1 is 1.17 bits per heavy atom. The van der Waals surface area contributed by atoms with Crippen LogP contribution in [0.25, 0.3) is 0 Å². The summed E-state index contributed by atoms with van der Waals surface area (Å²) >= 11 is 0. The van der Waals surface area contributed by atoms with Crippen molar-refractivity contribution in [2.24, 2.45) is 5.84 Å². The Hall–Kier alpha value is -2.78. The summed E-state index contributed by atoms with van der Waals surface area (Å²) in [6.45, 7) is 1.91. The lowest BCUT2D eigenvalue weighted by molar-refractivity contribution is 0.0959. The van der Waals surface area contributed by atoms with E-state index in [-0.39, 0.29) is 11.5 Å². The van der Waals surface area contributed by atoms with Crippen molar-refractivity contribution in [3.63, 3.8) is 0 Å². The summed E-state index contributed by atoms with van der Waals surface area (Å²) in [6.07, 6.45) is 3.50. The van der Waals surface area contributed by atoms with Crippen LogP contribution in [0.3, 0.4) is 0 Å². The zero-order valence-corrected chi connectivity index (χ0v) is 12.7. The number of anilines is 2. The molecule has 0 aliphatic carbocycles. The summed E-state index contributed by atoms with van der Waals surface area (Å²) < 4.78 is 5.18. The minimum absolute atomic E-state index is 0.0532. The number of nitrogens with two attached hydrogens (primary N) is 1. The number of para-hydroxylation sites is 2. The Labute approximate surface area is 134 Å². The van der Waals surface area contributed by atoms with Crippen LogP contribution in [0.4, 0.5) is 11.4 Å². The van der Waals surface area contributed by atoms with Gasteiger partial charge in [0, 0.05) is 13.1 Å². The van der Waals surface area contributed by atoms with Gasteiger partial charge in [0.25, 0.3) is 0 Å². The first-order valence-electron chi connectivity index (χ1n) is 7.64. The topological polar surface area (TPSA) is 86.5 Å². The molecule has 2 aromatic rings. The van der Waals surface area contributed by atoms with Crippen LogP contribution in [0.15, 0.2) is 40.8 Å². The van der Waals surface area contributed by atoms with Gasteiger partial charge in [-0.3, -0.25) is 4.79 Å². The summed E-state index contributed by atoms with van der Waals surface area (Å²) in [7, 11) is 0. The Morgan fingerprint density at radius 3 is 2.61 bits per heavy atom. The highest BCUT2D eigenvalue weighted by Gasteiger charge is 2.23. The molecule has 1 aromatic heterocycles. The number of furan rings is 1. The minimum Gasteiger partial charge on any atom is -0.440 e. The lowest BCUT2D eigenvalue weighted by atomic mass is 10.1. The van der Waals surface area contributed by atoms with E-state index in [0.29, 0.717) is 5.69 Å². The third kappa shape index (κ3) is 3.05. The van der Waals surface area contributed by atoms with Crippen molar-refractivity contribution < 1.29 is 9.21 Å². The molecule has 3 rings (SSSR count). The second-order valence-electron chi connectivity index (χ2n) is 5.49. The molecule has 6 heteroatoms. The number of nitrogens with zero attached hydrogens (tertiary/aromatic N) is 3. The Bertz CT molecular complexity index is 741. The van der Waals surface area contributed by atoms with Gasteiger partial charge in [-0.2, -0.15) is 5.26 Å². The maximum atomic E-state index is 12.5. The second-order valence-corrected chi connectivity index (χ2v) is 5.49. The third-order valence-electron chi connectivity index (χ3n) is 3.98. The van der Waals surface area contributed by atoms with Crippen molar-refractivity contribution in [2.75, 3.05) is 23.0 Å². The van der Waals surface area contributed by atoms with Crippen molar-refractivity contribution >= 4 is 17.3 Å². The van der Waals surface area contributed by atoms with E-state index in [2.05, 4.69) is 4.90 Å². The number of hydrogen-bond donors (Lipinski definition) is 1. The number of carbonyl (C=O) groups excluding carboxylic acids is 1.